The molecule has 1 aliphatic rings. The summed E-state index contributed by atoms with van der Waals surface area (Å²) in [7, 11) is 0. The molecule has 108 valence electrons. The SMILES string of the molecule is O=C(CC1CCCO1)NC(C(=O)O)c1ccc(Br)cc1. The summed E-state index contributed by atoms with van der Waals surface area (Å²) in [6.45, 7) is 0.674. The summed E-state index contributed by atoms with van der Waals surface area (Å²) in [6, 6.07) is 5.82. The number of carbonyl (C=O) groups excluding carboxylic acids is 1. The van der Waals surface area contributed by atoms with E-state index in [-0.39, 0.29) is 18.4 Å². The molecule has 0 saturated carbocycles. The first kappa shape index (κ1) is 15.0. The van der Waals surface area contributed by atoms with Crippen molar-refractivity contribution in [2.24, 2.45) is 0 Å². The van der Waals surface area contributed by atoms with Crippen molar-refractivity contribution < 1.29 is 19.4 Å². The van der Waals surface area contributed by atoms with Crippen LogP contribution in [-0.4, -0.2) is 29.7 Å². The zero-order valence-electron chi connectivity index (χ0n) is 10.8. The minimum atomic E-state index is -1.08. The maximum atomic E-state index is 11.9. The number of carbonyl (C=O) groups is 2. The maximum absolute atomic E-state index is 11.9. The van der Waals surface area contributed by atoms with Crippen LogP contribution >= 0.6 is 15.9 Å². The molecule has 1 aliphatic heterocycles. The third-order valence-electron chi connectivity index (χ3n) is 3.19. The van der Waals surface area contributed by atoms with Crippen molar-refractivity contribution in [3.8, 4) is 0 Å². The summed E-state index contributed by atoms with van der Waals surface area (Å²) in [6.07, 6.45) is 1.92. The lowest BCUT2D eigenvalue weighted by Crippen LogP contribution is -2.35. The molecular weight excluding hydrogens is 326 g/mol. The molecule has 1 aromatic rings. The second kappa shape index (κ2) is 6.85. The molecule has 5 nitrogen and oxygen atoms in total. The van der Waals surface area contributed by atoms with Crippen molar-refractivity contribution in [2.75, 3.05) is 6.61 Å². The quantitative estimate of drug-likeness (QED) is 0.861. The Morgan fingerprint density at radius 2 is 2.10 bits per heavy atom. The molecule has 2 rings (SSSR count). The van der Waals surface area contributed by atoms with Crippen molar-refractivity contribution >= 4 is 27.8 Å². The third-order valence-corrected chi connectivity index (χ3v) is 3.72. The van der Waals surface area contributed by atoms with Crippen molar-refractivity contribution in [1.29, 1.82) is 0 Å². The van der Waals surface area contributed by atoms with E-state index in [1.807, 2.05) is 0 Å². The van der Waals surface area contributed by atoms with E-state index in [1.165, 1.54) is 0 Å². The van der Waals surface area contributed by atoms with Crippen LogP contribution in [0, 0.1) is 0 Å². The van der Waals surface area contributed by atoms with E-state index in [9.17, 15) is 14.7 Å². The Balaban J connectivity index is 1.99. The molecule has 1 aromatic carbocycles. The number of amides is 1. The van der Waals surface area contributed by atoms with Crippen LogP contribution in [-0.2, 0) is 14.3 Å². The molecule has 1 fully saturated rings. The van der Waals surface area contributed by atoms with E-state index in [2.05, 4.69) is 21.2 Å². The highest BCUT2D eigenvalue weighted by Crippen LogP contribution is 2.19. The second-order valence-corrected chi connectivity index (χ2v) is 5.65. The molecule has 2 unspecified atom stereocenters. The Labute approximate surface area is 125 Å². The number of carboxylic acids is 1. The summed E-state index contributed by atoms with van der Waals surface area (Å²) in [4.78, 5) is 23.2. The number of rotatable bonds is 5. The van der Waals surface area contributed by atoms with Crippen molar-refractivity contribution in [3.05, 3.63) is 34.3 Å². The van der Waals surface area contributed by atoms with Gasteiger partial charge in [0, 0.05) is 11.1 Å². The molecule has 1 heterocycles. The molecule has 0 aromatic heterocycles. The molecule has 6 heteroatoms. The molecule has 2 N–H and O–H groups in total. The monoisotopic (exact) mass is 341 g/mol. The van der Waals surface area contributed by atoms with Gasteiger partial charge in [-0.25, -0.2) is 4.79 Å². The lowest BCUT2D eigenvalue weighted by molar-refractivity contribution is -0.142. The first-order valence-electron chi connectivity index (χ1n) is 6.45. The Morgan fingerprint density at radius 1 is 1.40 bits per heavy atom. The van der Waals surface area contributed by atoms with Gasteiger partial charge in [0.25, 0.3) is 0 Å². The summed E-state index contributed by atoms with van der Waals surface area (Å²) < 4.78 is 6.23. The predicted molar refractivity (Wildman–Crippen MR) is 76.3 cm³/mol. The Morgan fingerprint density at radius 3 is 2.65 bits per heavy atom. The van der Waals surface area contributed by atoms with Gasteiger partial charge in [0.15, 0.2) is 6.04 Å². The first-order valence-corrected chi connectivity index (χ1v) is 7.25. The van der Waals surface area contributed by atoms with Crippen LogP contribution in [0.1, 0.15) is 30.9 Å². The van der Waals surface area contributed by atoms with Gasteiger partial charge in [-0.1, -0.05) is 28.1 Å². The van der Waals surface area contributed by atoms with E-state index in [0.29, 0.717) is 12.2 Å². The first-order chi connectivity index (χ1) is 9.56. The van der Waals surface area contributed by atoms with Crippen LogP contribution in [0.2, 0.25) is 0 Å². The molecule has 1 amide bonds. The van der Waals surface area contributed by atoms with E-state index in [4.69, 9.17) is 4.74 Å². The van der Waals surface area contributed by atoms with Crippen LogP contribution in [0.4, 0.5) is 0 Å². The second-order valence-electron chi connectivity index (χ2n) is 4.73. The van der Waals surface area contributed by atoms with E-state index in [0.717, 1.165) is 17.3 Å². The average molecular weight is 342 g/mol. The fourth-order valence-electron chi connectivity index (χ4n) is 2.17. The molecule has 20 heavy (non-hydrogen) atoms. The standard InChI is InChI=1S/C14H16BrNO4/c15-10-5-3-9(4-6-10)13(14(18)19)16-12(17)8-11-2-1-7-20-11/h3-6,11,13H,1-2,7-8H2,(H,16,17)(H,18,19). The number of hydrogen-bond acceptors (Lipinski definition) is 3. The van der Waals surface area contributed by atoms with Gasteiger partial charge < -0.3 is 15.2 Å². The summed E-state index contributed by atoms with van der Waals surface area (Å²) in [5, 5.41) is 11.8. The average Bonchev–Trinajstić information content (AvgIpc) is 2.90. The van der Waals surface area contributed by atoms with E-state index in [1.54, 1.807) is 24.3 Å². The Kier molecular flexibility index (Phi) is 5.14. The summed E-state index contributed by atoms with van der Waals surface area (Å²) in [5.41, 5.74) is 0.543. The summed E-state index contributed by atoms with van der Waals surface area (Å²) >= 11 is 3.29. The number of aliphatic carboxylic acids is 1. The molecule has 0 bridgehead atoms. The maximum Gasteiger partial charge on any atom is 0.330 e. The highest BCUT2D eigenvalue weighted by atomic mass is 79.9. The van der Waals surface area contributed by atoms with Gasteiger partial charge in [-0.3, -0.25) is 4.79 Å². The Bertz CT molecular complexity index is 482. The van der Waals surface area contributed by atoms with Crippen molar-refractivity contribution in [2.45, 2.75) is 31.4 Å². The lowest BCUT2D eigenvalue weighted by atomic mass is 10.1. The number of hydrogen-bond donors (Lipinski definition) is 2. The van der Waals surface area contributed by atoms with Crippen molar-refractivity contribution in [1.82, 2.24) is 5.32 Å². The summed E-state index contributed by atoms with van der Waals surface area (Å²) in [5.74, 6) is -1.37. The molecular formula is C14H16BrNO4. The molecule has 0 spiro atoms. The zero-order chi connectivity index (χ0) is 14.5. The minimum absolute atomic E-state index is 0.0886. The molecule has 0 radical (unpaired) electrons. The Hall–Kier alpha value is -1.40. The largest absolute Gasteiger partial charge is 0.479 e. The highest BCUT2D eigenvalue weighted by Gasteiger charge is 2.25. The van der Waals surface area contributed by atoms with Gasteiger partial charge in [0.05, 0.1) is 12.5 Å². The van der Waals surface area contributed by atoms with Crippen LogP contribution in [0.5, 0.6) is 0 Å². The van der Waals surface area contributed by atoms with Gasteiger partial charge in [-0.15, -0.1) is 0 Å². The fraction of sp³-hybridized carbons (Fsp3) is 0.429. The minimum Gasteiger partial charge on any atom is -0.479 e. The van der Waals surface area contributed by atoms with Crippen LogP contribution in [0.3, 0.4) is 0 Å². The topological polar surface area (TPSA) is 75.6 Å². The predicted octanol–water partition coefficient (Wildman–Crippen LogP) is 2.26. The molecule has 2 atom stereocenters. The van der Waals surface area contributed by atoms with Crippen LogP contribution in [0.15, 0.2) is 28.7 Å². The lowest BCUT2D eigenvalue weighted by Gasteiger charge is -2.16. The molecule has 1 saturated heterocycles. The van der Waals surface area contributed by atoms with Gasteiger partial charge >= 0.3 is 5.97 Å². The van der Waals surface area contributed by atoms with Gasteiger partial charge in [-0.05, 0) is 30.5 Å². The van der Waals surface area contributed by atoms with Gasteiger partial charge in [-0.2, -0.15) is 0 Å². The number of carboxylic acid groups (broad SMARTS) is 1. The third kappa shape index (κ3) is 4.05. The van der Waals surface area contributed by atoms with E-state index < -0.39 is 12.0 Å². The molecule has 0 aliphatic carbocycles. The number of ether oxygens (including phenoxy) is 1. The van der Waals surface area contributed by atoms with E-state index >= 15 is 0 Å². The highest BCUT2D eigenvalue weighted by molar-refractivity contribution is 9.10. The fourth-order valence-corrected chi connectivity index (χ4v) is 2.44. The number of halogens is 1. The number of nitrogens with one attached hydrogen (secondary N) is 1. The number of benzene rings is 1. The van der Waals surface area contributed by atoms with Gasteiger partial charge in [0.1, 0.15) is 0 Å². The van der Waals surface area contributed by atoms with Crippen molar-refractivity contribution in [3.63, 3.8) is 0 Å². The van der Waals surface area contributed by atoms with Crippen LogP contribution in [0.25, 0.3) is 0 Å². The van der Waals surface area contributed by atoms with Crippen LogP contribution < -0.4 is 5.32 Å². The zero-order valence-corrected chi connectivity index (χ0v) is 12.4. The smallest absolute Gasteiger partial charge is 0.330 e. The van der Waals surface area contributed by atoms with Gasteiger partial charge in [0.2, 0.25) is 5.91 Å². The normalized spacial score (nSPS) is 19.6.